The molecule has 0 bridgehead atoms. The van der Waals surface area contributed by atoms with Crippen LogP contribution in [0.5, 0.6) is 11.5 Å². The van der Waals surface area contributed by atoms with E-state index in [9.17, 15) is 0 Å². The molecule has 0 aliphatic carbocycles. The first kappa shape index (κ1) is 17.1. The summed E-state index contributed by atoms with van der Waals surface area (Å²) in [7, 11) is 0. The summed E-state index contributed by atoms with van der Waals surface area (Å²) in [4.78, 5) is 7.28. The summed E-state index contributed by atoms with van der Waals surface area (Å²) in [6.45, 7) is 0.935. The van der Waals surface area contributed by atoms with E-state index in [1.165, 1.54) is 0 Å². The minimum Gasteiger partial charge on any atom is -0.454 e. The summed E-state index contributed by atoms with van der Waals surface area (Å²) in [5.74, 6) is 2.66. The van der Waals surface area contributed by atoms with Gasteiger partial charge in [-0.3, -0.25) is 4.98 Å². The van der Waals surface area contributed by atoms with Crippen LogP contribution in [0.25, 0.3) is 11.4 Å². The van der Waals surface area contributed by atoms with Crippen molar-refractivity contribution >= 4 is 17.3 Å². The standard InChI is InChI=1S/C21H18N6O2/c1-2-4-17(23-12-14-7-9-22-10-8-14)16(3-1)20-25-21(27-26-20)24-15-5-6-18-19(11-15)29-13-28-18/h1-11,23H,12-13H2,(H2,24,25,26,27). The zero-order chi connectivity index (χ0) is 19.5. The number of anilines is 3. The molecule has 3 heterocycles. The Morgan fingerprint density at radius 2 is 1.79 bits per heavy atom. The van der Waals surface area contributed by atoms with E-state index in [2.05, 4.69) is 30.8 Å². The number of pyridine rings is 1. The molecule has 0 saturated heterocycles. The number of H-pyrrole nitrogens is 1. The maximum Gasteiger partial charge on any atom is 0.231 e. The Kier molecular flexibility index (Phi) is 4.42. The minimum atomic E-state index is 0.245. The monoisotopic (exact) mass is 386 g/mol. The van der Waals surface area contributed by atoms with Gasteiger partial charge in [-0.15, -0.1) is 10.2 Å². The molecular formula is C21H18N6O2. The molecule has 0 radical (unpaired) electrons. The molecule has 8 heteroatoms. The number of nitrogens with one attached hydrogen (secondary N) is 3. The molecule has 1 aliphatic rings. The van der Waals surface area contributed by atoms with Crippen molar-refractivity contribution in [2.75, 3.05) is 17.4 Å². The second kappa shape index (κ2) is 7.51. The quantitative estimate of drug-likeness (QED) is 0.462. The van der Waals surface area contributed by atoms with E-state index in [-0.39, 0.29) is 6.79 Å². The van der Waals surface area contributed by atoms with Crippen LogP contribution in [0, 0.1) is 0 Å². The van der Waals surface area contributed by atoms with Gasteiger partial charge in [0, 0.05) is 41.9 Å². The van der Waals surface area contributed by atoms with Crippen molar-refractivity contribution in [1.82, 2.24) is 20.2 Å². The summed E-state index contributed by atoms with van der Waals surface area (Å²) in [5.41, 5.74) is 3.89. The van der Waals surface area contributed by atoms with Gasteiger partial charge in [0.2, 0.25) is 12.7 Å². The van der Waals surface area contributed by atoms with Gasteiger partial charge in [-0.25, -0.2) is 0 Å². The molecule has 2 aromatic carbocycles. The van der Waals surface area contributed by atoms with Crippen LogP contribution >= 0.6 is 0 Å². The first-order valence-electron chi connectivity index (χ1n) is 9.17. The van der Waals surface area contributed by atoms with Crippen LogP contribution < -0.4 is 20.1 Å². The Bertz CT molecular complexity index is 1130. The average molecular weight is 386 g/mol. The minimum absolute atomic E-state index is 0.245. The van der Waals surface area contributed by atoms with Crippen LogP contribution in [0.4, 0.5) is 17.3 Å². The SMILES string of the molecule is c1ccc(-c2nnc(Nc3ccc4c(c3)OCO4)[nH]2)c(NCc2ccncc2)c1. The smallest absolute Gasteiger partial charge is 0.231 e. The molecule has 3 N–H and O–H groups in total. The van der Waals surface area contributed by atoms with Crippen LogP contribution in [0.3, 0.4) is 0 Å². The first-order chi connectivity index (χ1) is 14.3. The van der Waals surface area contributed by atoms with Gasteiger partial charge in [0.25, 0.3) is 0 Å². The lowest BCUT2D eigenvalue weighted by molar-refractivity contribution is 0.174. The molecule has 8 nitrogen and oxygen atoms in total. The maximum atomic E-state index is 5.41. The first-order valence-corrected chi connectivity index (χ1v) is 9.17. The Hall–Kier alpha value is -4.07. The molecule has 0 unspecified atom stereocenters. The van der Waals surface area contributed by atoms with Crippen LogP contribution in [0.2, 0.25) is 0 Å². The van der Waals surface area contributed by atoms with Gasteiger partial charge in [0.15, 0.2) is 17.3 Å². The highest BCUT2D eigenvalue weighted by Gasteiger charge is 2.14. The molecule has 5 rings (SSSR count). The number of aromatic nitrogens is 4. The molecule has 0 atom stereocenters. The molecule has 29 heavy (non-hydrogen) atoms. The fourth-order valence-corrected chi connectivity index (χ4v) is 3.09. The second-order valence-corrected chi connectivity index (χ2v) is 6.47. The Morgan fingerprint density at radius 3 is 2.72 bits per heavy atom. The third kappa shape index (κ3) is 3.68. The van der Waals surface area contributed by atoms with Gasteiger partial charge in [0.05, 0.1) is 0 Å². The van der Waals surface area contributed by atoms with Crippen LogP contribution in [-0.4, -0.2) is 27.0 Å². The van der Waals surface area contributed by atoms with E-state index in [0.29, 0.717) is 24.1 Å². The predicted molar refractivity (Wildman–Crippen MR) is 109 cm³/mol. The van der Waals surface area contributed by atoms with Crippen molar-refractivity contribution in [3.63, 3.8) is 0 Å². The Morgan fingerprint density at radius 1 is 0.931 bits per heavy atom. The van der Waals surface area contributed by atoms with E-state index in [1.54, 1.807) is 12.4 Å². The summed E-state index contributed by atoms with van der Waals surface area (Å²) in [6, 6.07) is 17.6. The molecule has 0 fully saturated rings. The molecule has 0 saturated carbocycles. The van der Waals surface area contributed by atoms with Crippen LogP contribution in [-0.2, 0) is 6.54 Å². The molecule has 0 amide bonds. The molecule has 4 aromatic rings. The van der Waals surface area contributed by atoms with Gasteiger partial charge >= 0.3 is 0 Å². The second-order valence-electron chi connectivity index (χ2n) is 6.47. The number of benzene rings is 2. The van der Waals surface area contributed by atoms with Crippen molar-refractivity contribution in [1.29, 1.82) is 0 Å². The van der Waals surface area contributed by atoms with Crippen molar-refractivity contribution in [3.05, 3.63) is 72.6 Å². The highest BCUT2D eigenvalue weighted by atomic mass is 16.7. The largest absolute Gasteiger partial charge is 0.454 e. The van der Waals surface area contributed by atoms with Gasteiger partial charge < -0.3 is 25.1 Å². The fraction of sp³-hybridized carbons (Fsp3) is 0.0952. The van der Waals surface area contributed by atoms with Crippen molar-refractivity contribution in [2.24, 2.45) is 0 Å². The van der Waals surface area contributed by atoms with Gasteiger partial charge in [-0.05, 0) is 42.0 Å². The third-order valence-corrected chi connectivity index (χ3v) is 4.54. The lowest BCUT2D eigenvalue weighted by Crippen LogP contribution is -2.01. The Labute approximate surface area is 166 Å². The number of fused-ring (bicyclic) bond motifs is 1. The zero-order valence-corrected chi connectivity index (χ0v) is 15.4. The molecule has 2 aromatic heterocycles. The average Bonchev–Trinajstić information content (AvgIpc) is 3.42. The molecule has 144 valence electrons. The normalized spacial score (nSPS) is 12.0. The van der Waals surface area contributed by atoms with Crippen molar-refractivity contribution in [3.8, 4) is 22.9 Å². The van der Waals surface area contributed by atoms with E-state index < -0.39 is 0 Å². The Balaban J connectivity index is 1.34. The van der Waals surface area contributed by atoms with Crippen molar-refractivity contribution in [2.45, 2.75) is 6.54 Å². The van der Waals surface area contributed by atoms with E-state index in [1.807, 2.05) is 54.6 Å². The molecular weight excluding hydrogens is 368 g/mol. The number of ether oxygens (including phenoxy) is 2. The lowest BCUT2D eigenvalue weighted by Gasteiger charge is -2.10. The number of hydrogen-bond acceptors (Lipinski definition) is 7. The highest BCUT2D eigenvalue weighted by molar-refractivity contribution is 5.74. The zero-order valence-electron chi connectivity index (χ0n) is 15.4. The summed E-state index contributed by atoms with van der Waals surface area (Å²) < 4.78 is 10.7. The summed E-state index contributed by atoms with van der Waals surface area (Å²) in [6.07, 6.45) is 3.57. The molecule has 0 spiro atoms. The number of nitrogens with zero attached hydrogens (tertiary/aromatic N) is 3. The van der Waals surface area contributed by atoms with Gasteiger partial charge in [0.1, 0.15) is 0 Å². The van der Waals surface area contributed by atoms with Gasteiger partial charge in [-0.1, -0.05) is 12.1 Å². The number of aromatic amines is 1. The highest BCUT2D eigenvalue weighted by Crippen LogP contribution is 2.35. The van der Waals surface area contributed by atoms with E-state index >= 15 is 0 Å². The van der Waals surface area contributed by atoms with Crippen LogP contribution in [0.15, 0.2) is 67.0 Å². The topological polar surface area (TPSA) is 97.0 Å². The maximum absolute atomic E-state index is 5.41. The lowest BCUT2D eigenvalue weighted by atomic mass is 10.1. The number of para-hydroxylation sites is 1. The predicted octanol–water partition coefficient (Wildman–Crippen LogP) is 3.95. The third-order valence-electron chi connectivity index (χ3n) is 4.54. The number of rotatable bonds is 6. The van der Waals surface area contributed by atoms with Gasteiger partial charge in [-0.2, -0.15) is 0 Å². The summed E-state index contributed by atoms with van der Waals surface area (Å²) in [5, 5.41) is 15.2. The van der Waals surface area contributed by atoms with Crippen molar-refractivity contribution < 1.29 is 9.47 Å². The van der Waals surface area contributed by atoms with E-state index in [0.717, 1.165) is 28.3 Å². The van der Waals surface area contributed by atoms with Crippen LogP contribution in [0.1, 0.15) is 5.56 Å². The van der Waals surface area contributed by atoms with E-state index in [4.69, 9.17) is 9.47 Å². The number of hydrogen-bond donors (Lipinski definition) is 3. The molecule has 1 aliphatic heterocycles. The fourth-order valence-electron chi connectivity index (χ4n) is 3.09. The summed E-state index contributed by atoms with van der Waals surface area (Å²) >= 11 is 0.